The van der Waals surface area contributed by atoms with Gasteiger partial charge in [0.05, 0.1) is 17.1 Å². The number of halogens is 1. The van der Waals surface area contributed by atoms with Crippen LogP contribution < -0.4 is 5.32 Å². The number of hydrogen-bond donors (Lipinski definition) is 1. The summed E-state index contributed by atoms with van der Waals surface area (Å²) in [5.74, 6) is 0.285. The lowest BCUT2D eigenvalue weighted by molar-refractivity contribution is -0.115. The number of nitrogens with zero attached hydrogens (tertiary/aromatic N) is 2. The van der Waals surface area contributed by atoms with Crippen molar-refractivity contribution in [2.45, 2.75) is 32.6 Å². The second-order valence-corrected chi connectivity index (χ2v) is 8.37. The molecule has 0 radical (unpaired) electrons. The molecule has 0 unspecified atom stereocenters. The standard InChI is InChI=1S/C18H18ClN3OS2/c1-11(2)17-21-13(10-24-17)8-16(23)22-18-20-9-14(25-18)7-12-5-3-4-6-15(12)19/h3-6,9-11H,7-8H2,1-2H3,(H,20,22,23). The highest BCUT2D eigenvalue weighted by atomic mass is 35.5. The smallest absolute Gasteiger partial charge is 0.232 e. The summed E-state index contributed by atoms with van der Waals surface area (Å²) < 4.78 is 0. The van der Waals surface area contributed by atoms with Crippen LogP contribution in [0.25, 0.3) is 0 Å². The van der Waals surface area contributed by atoms with Gasteiger partial charge in [0.1, 0.15) is 0 Å². The third-order valence-electron chi connectivity index (χ3n) is 3.53. The summed E-state index contributed by atoms with van der Waals surface area (Å²) in [5.41, 5.74) is 1.86. The van der Waals surface area contributed by atoms with Crippen LogP contribution in [-0.4, -0.2) is 15.9 Å². The summed E-state index contributed by atoms with van der Waals surface area (Å²) >= 11 is 9.25. The van der Waals surface area contributed by atoms with Crippen molar-refractivity contribution in [3.63, 3.8) is 0 Å². The minimum Gasteiger partial charge on any atom is -0.302 e. The van der Waals surface area contributed by atoms with E-state index in [1.54, 1.807) is 17.5 Å². The average Bonchev–Trinajstić information content (AvgIpc) is 3.19. The molecule has 0 saturated carbocycles. The van der Waals surface area contributed by atoms with E-state index in [0.717, 1.165) is 26.2 Å². The predicted octanol–water partition coefficient (Wildman–Crippen LogP) is 5.15. The molecule has 0 aliphatic heterocycles. The number of rotatable bonds is 6. The van der Waals surface area contributed by atoms with Gasteiger partial charge >= 0.3 is 0 Å². The molecule has 3 rings (SSSR count). The van der Waals surface area contributed by atoms with Gasteiger partial charge in [-0.05, 0) is 11.6 Å². The lowest BCUT2D eigenvalue weighted by Crippen LogP contribution is -2.14. The number of hydrogen-bond acceptors (Lipinski definition) is 5. The Balaban J connectivity index is 1.59. The van der Waals surface area contributed by atoms with Gasteiger partial charge in [0.2, 0.25) is 5.91 Å². The molecule has 0 aliphatic rings. The van der Waals surface area contributed by atoms with E-state index in [1.165, 1.54) is 11.3 Å². The van der Waals surface area contributed by atoms with E-state index in [0.29, 0.717) is 17.5 Å². The molecule has 7 heteroatoms. The molecule has 0 fully saturated rings. The summed E-state index contributed by atoms with van der Waals surface area (Å²) in [4.78, 5) is 22.0. The van der Waals surface area contributed by atoms with Crippen LogP contribution in [0.2, 0.25) is 5.02 Å². The lowest BCUT2D eigenvalue weighted by atomic mass is 10.1. The molecular formula is C18H18ClN3OS2. The van der Waals surface area contributed by atoms with Gasteiger partial charge < -0.3 is 5.32 Å². The van der Waals surface area contributed by atoms with Crippen LogP contribution in [0.3, 0.4) is 0 Å². The first-order valence-electron chi connectivity index (χ1n) is 7.93. The van der Waals surface area contributed by atoms with Crippen LogP contribution >= 0.6 is 34.3 Å². The van der Waals surface area contributed by atoms with Gasteiger partial charge in [0.25, 0.3) is 0 Å². The second kappa shape index (κ2) is 8.08. The number of nitrogens with one attached hydrogen (secondary N) is 1. The van der Waals surface area contributed by atoms with E-state index in [4.69, 9.17) is 11.6 Å². The van der Waals surface area contributed by atoms with Crippen LogP contribution in [0.4, 0.5) is 5.13 Å². The van der Waals surface area contributed by atoms with Crippen molar-refractivity contribution in [1.82, 2.24) is 9.97 Å². The Hall–Kier alpha value is -1.76. The van der Waals surface area contributed by atoms with E-state index >= 15 is 0 Å². The fourth-order valence-corrected chi connectivity index (χ4v) is 4.16. The maximum absolute atomic E-state index is 12.2. The number of carbonyl (C=O) groups is 1. The van der Waals surface area contributed by atoms with Crippen molar-refractivity contribution in [2.75, 3.05) is 5.32 Å². The van der Waals surface area contributed by atoms with E-state index in [1.807, 2.05) is 29.6 Å². The topological polar surface area (TPSA) is 54.9 Å². The molecule has 0 spiro atoms. The van der Waals surface area contributed by atoms with Crippen molar-refractivity contribution < 1.29 is 4.79 Å². The predicted molar refractivity (Wildman–Crippen MR) is 105 cm³/mol. The number of aromatic nitrogens is 2. The summed E-state index contributed by atoms with van der Waals surface area (Å²) in [6, 6.07) is 7.74. The molecule has 25 heavy (non-hydrogen) atoms. The molecule has 130 valence electrons. The third kappa shape index (κ3) is 4.87. The number of carbonyl (C=O) groups excluding carboxylic acids is 1. The number of amides is 1. The van der Waals surface area contributed by atoms with Gasteiger partial charge in [-0.25, -0.2) is 9.97 Å². The van der Waals surface area contributed by atoms with E-state index < -0.39 is 0 Å². The maximum Gasteiger partial charge on any atom is 0.232 e. The minimum atomic E-state index is -0.0979. The summed E-state index contributed by atoms with van der Waals surface area (Å²) in [6.07, 6.45) is 2.75. The number of thiazole rings is 2. The van der Waals surface area contributed by atoms with Crippen molar-refractivity contribution in [1.29, 1.82) is 0 Å². The van der Waals surface area contributed by atoms with Crippen molar-refractivity contribution in [3.05, 3.63) is 62.0 Å². The summed E-state index contributed by atoms with van der Waals surface area (Å²) in [7, 11) is 0. The van der Waals surface area contributed by atoms with Gasteiger partial charge in [-0.3, -0.25) is 4.79 Å². The molecule has 1 N–H and O–H groups in total. The second-order valence-electron chi connectivity index (χ2n) is 5.96. The lowest BCUT2D eigenvalue weighted by Gasteiger charge is -2.01. The molecule has 0 aliphatic carbocycles. The largest absolute Gasteiger partial charge is 0.302 e. The summed E-state index contributed by atoms with van der Waals surface area (Å²) in [6.45, 7) is 4.19. The van der Waals surface area contributed by atoms with Crippen LogP contribution in [0.5, 0.6) is 0 Å². The highest BCUT2D eigenvalue weighted by Gasteiger charge is 2.12. The average molecular weight is 392 g/mol. The van der Waals surface area contributed by atoms with E-state index in [-0.39, 0.29) is 12.3 Å². The highest BCUT2D eigenvalue weighted by Crippen LogP contribution is 2.25. The normalized spacial score (nSPS) is 11.0. The first-order chi connectivity index (χ1) is 12.0. The SMILES string of the molecule is CC(C)c1nc(CC(=O)Nc2ncc(Cc3ccccc3Cl)s2)cs1. The molecular weight excluding hydrogens is 374 g/mol. The minimum absolute atomic E-state index is 0.0979. The molecule has 2 heterocycles. The zero-order valence-electron chi connectivity index (χ0n) is 14.0. The molecule has 4 nitrogen and oxygen atoms in total. The van der Waals surface area contributed by atoms with Crippen molar-refractivity contribution >= 4 is 45.3 Å². The Labute approximate surface area is 159 Å². The first-order valence-corrected chi connectivity index (χ1v) is 10.0. The zero-order chi connectivity index (χ0) is 17.8. The third-order valence-corrected chi connectivity index (χ3v) is 6.00. The molecule has 3 aromatic rings. The van der Waals surface area contributed by atoms with Crippen LogP contribution in [-0.2, 0) is 17.6 Å². The fourth-order valence-electron chi connectivity index (χ4n) is 2.27. The van der Waals surface area contributed by atoms with Crippen molar-refractivity contribution in [3.8, 4) is 0 Å². The zero-order valence-corrected chi connectivity index (χ0v) is 16.3. The van der Waals surface area contributed by atoms with E-state index in [2.05, 4.69) is 29.1 Å². The number of benzene rings is 1. The van der Waals surface area contributed by atoms with Gasteiger partial charge in [-0.15, -0.1) is 22.7 Å². The monoisotopic (exact) mass is 391 g/mol. The maximum atomic E-state index is 12.2. The van der Waals surface area contributed by atoms with Gasteiger partial charge in [0.15, 0.2) is 5.13 Å². The van der Waals surface area contributed by atoms with Crippen LogP contribution in [0.15, 0.2) is 35.8 Å². The fraction of sp³-hybridized carbons (Fsp3) is 0.278. The quantitative estimate of drug-likeness (QED) is 0.632. The Bertz CT molecular complexity index is 873. The Morgan fingerprint density at radius 2 is 2.12 bits per heavy atom. The number of anilines is 1. The molecule has 0 saturated heterocycles. The Morgan fingerprint density at radius 1 is 1.32 bits per heavy atom. The molecule has 0 atom stereocenters. The Kier molecular flexibility index (Phi) is 5.83. The molecule has 2 aromatic heterocycles. The first kappa shape index (κ1) is 18.0. The van der Waals surface area contributed by atoms with Crippen molar-refractivity contribution in [2.24, 2.45) is 0 Å². The van der Waals surface area contributed by atoms with Crippen LogP contribution in [0.1, 0.15) is 40.9 Å². The Morgan fingerprint density at radius 3 is 2.84 bits per heavy atom. The highest BCUT2D eigenvalue weighted by molar-refractivity contribution is 7.15. The van der Waals surface area contributed by atoms with Gasteiger partial charge in [-0.1, -0.05) is 43.6 Å². The molecule has 1 amide bonds. The molecule has 0 bridgehead atoms. The van der Waals surface area contributed by atoms with E-state index in [9.17, 15) is 4.79 Å². The van der Waals surface area contributed by atoms with Gasteiger partial charge in [-0.2, -0.15) is 0 Å². The van der Waals surface area contributed by atoms with Gasteiger partial charge in [0, 0.05) is 33.8 Å². The van der Waals surface area contributed by atoms with Crippen LogP contribution in [0, 0.1) is 0 Å². The molecule has 1 aromatic carbocycles. The summed E-state index contributed by atoms with van der Waals surface area (Å²) in [5, 5.41) is 7.19.